The van der Waals surface area contributed by atoms with Gasteiger partial charge in [0.2, 0.25) is 0 Å². The number of hydrogen-bond acceptors (Lipinski definition) is 4. The number of carboxylic acid groups (broad SMARTS) is 1. The third-order valence-electron chi connectivity index (χ3n) is 7.97. The van der Waals surface area contributed by atoms with E-state index in [1.165, 1.54) is 12.1 Å². The molecule has 5 nitrogen and oxygen atoms in total. The highest BCUT2D eigenvalue weighted by Gasteiger charge is 2.40. The second kappa shape index (κ2) is 14.0. The summed E-state index contributed by atoms with van der Waals surface area (Å²) in [6, 6.07) is 4.86. The lowest BCUT2D eigenvalue weighted by Gasteiger charge is -2.38. The van der Waals surface area contributed by atoms with Crippen molar-refractivity contribution in [2.24, 2.45) is 17.8 Å². The molecule has 3 unspecified atom stereocenters. The third kappa shape index (κ3) is 10.4. The minimum atomic E-state index is -4.45. The molecule has 0 saturated heterocycles. The van der Waals surface area contributed by atoms with Crippen molar-refractivity contribution in [3.63, 3.8) is 0 Å². The summed E-state index contributed by atoms with van der Waals surface area (Å²) in [6.07, 6.45) is 5.44. The lowest BCUT2D eigenvalue weighted by atomic mass is 9.87. The van der Waals surface area contributed by atoms with E-state index in [1.54, 1.807) is 0 Å². The zero-order valence-corrected chi connectivity index (χ0v) is 25.0. The fourth-order valence-corrected chi connectivity index (χ4v) is 5.91. The van der Waals surface area contributed by atoms with E-state index < -0.39 is 38.2 Å². The molecule has 220 valence electrons. The Labute approximate surface area is 232 Å². The highest BCUT2D eigenvalue weighted by Crippen LogP contribution is 2.41. The fraction of sp³-hybridized carbons (Fsp3) is 0.633. The number of benzene rings is 1. The zero-order chi connectivity index (χ0) is 29.4. The van der Waals surface area contributed by atoms with Gasteiger partial charge in [-0.15, -0.1) is 0 Å². The quantitative estimate of drug-likeness (QED) is 0.143. The second-order valence-corrected chi connectivity index (χ2v) is 16.9. The number of unbranched alkanes of at least 4 members (excludes halogenated alkanes) is 1. The number of carboxylic acids is 1. The topological polar surface area (TPSA) is 76.0 Å². The Kier molecular flexibility index (Phi) is 11.9. The van der Waals surface area contributed by atoms with Gasteiger partial charge in [0.25, 0.3) is 0 Å². The largest absolute Gasteiger partial charge is 0.491 e. The summed E-state index contributed by atoms with van der Waals surface area (Å²) in [6.45, 7) is 12.8. The smallest absolute Gasteiger partial charge is 0.416 e. The number of rotatable bonds is 13. The molecule has 0 radical (unpaired) electrons. The summed E-state index contributed by atoms with van der Waals surface area (Å²) in [7, 11) is -2.23. The Bertz CT molecular complexity index is 984. The van der Waals surface area contributed by atoms with Gasteiger partial charge >= 0.3 is 12.1 Å². The van der Waals surface area contributed by atoms with Crippen LogP contribution in [0.4, 0.5) is 13.2 Å². The van der Waals surface area contributed by atoms with Gasteiger partial charge in [-0.3, -0.25) is 4.79 Å². The summed E-state index contributed by atoms with van der Waals surface area (Å²) in [4.78, 5) is 10.7. The number of halogens is 3. The summed E-state index contributed by atoms with van der Waals surface area (Å²) in [5.41, 5.74) is -0.759. The third-order valence-corrected chi connectivity index (χ3v) is 12.5. The Hall–Kier alpha value is -2.10. The minimum absolute atomic E-state index is 0.0184. The van der Waals surface area contributed by atoms with Crippen molar-refractivity contribution < 1.29 is 37.3 Å². The van der Waals surface area contributed by atoms with Crippen molar-refractivity contribution >= 4 is 14.3 Å². The average Bonchev–Trinajstić information content (AvgIpc) is 3.08. The molecule has 5 atom stereocenters. The van der Waals surface area contributed by atoms with E-state index in [1.807, 2.05) is 18.2 Å². The van der Waals surface area contributed by atoms with Crippen LogP contribution in [0.5, 0.6) is 5.75 Å². The number of aliphatic hydroxyl groups is 1. The lowest BCUT2D eigenvalue weighted by molar-refractivity contribution is -0.138. The van der Waals surface area contributed by atoms with E-state index in [0.29, 0.717) is 25.7 Å². The molecule has 0 heterocycles. The molecular weight excluding hydrogens is 525 g/mol. The van der Waals surface area contributed by atoms with E-state index in [4.69, 9.17) is 14.3 Å². The van der Waals surface area contributed by atoms with E-state index >= 15 is 0 Å². The van der Waals surface area contributed by atoms with Crippen LogP contribution in [0, 0.1) is 17.8 Å². The molecular formula is C30H45F3O5Si. The SMILES string of the molecule is CC1CC(O)C(C/C=C\CCCC(=O)O)[C@H]1/C=C/[C@H](COc1cccc(C(F)(F)F)c1)O[Si](C)(C)C(C)(C)C. The van der Waals surface area contributed by atoms with E-state index in [-0.39, 0.29) is 41.6 Å². The Morgan fingerprint density at radius 1 is 1.21 bits per heavy atom. The standard InChI is InChI=1S/C30H45F3O5Si/c1-21-18-27(34)26(14-9-7-8-10-15-28(35)36)25(21)17-16-24(38-39(5,6)29(2,3)4)20-37-23-13-11-12-22(19-23)30(31,32)33/h7,9,11-13,16-17,19,21,24-27,34H,8,10,14-15,18,20H2,1-6H3,(H,35,36)/b9-7-,17-16+/t21?,24-,25+,26?,27?/m1/s1. The van der Waals surface area contributed by atoms with Crippen molar-refractivity contribution in [2.45, 2.75) is 96.3 Å². The molecule has 0 aromatic heterocycles. The van der Waals surface area contributed by atoms with Crippen molar-refractivity contribution in [1.29, 1.82) is 0 Å². The lowest BCUT2D eigenvalue weighted by Crippen LogP contribution is -2.45. The van der Waals surface area contributed by atoms with Crippen molar-refractivity contribution in [1.82, 2.24) is 0 Å². The molecule has 1 aliphatic carbocycles. The van der Waals surface area contributed by atoms with Crippen LogP contribution in [0.25, 0.3) is 0 Å². The van der Waals surface area contributed by atoms with Gasteiger partial charge in [-0.1, -0.05) is 58.1 Å². The predicted octanol–water partition coefficient (Wildman–Crippen LogP) is 7.87. The molecule has 1 aliphatic rings. The zero-order valence-electron chi connectivity index (χ0n) is 24.0. The molecule has 1 fully saturated rings. The maximum atomic E-state index is 13.2. The summed E-state index contributed by atoms with van der Waals surface area (Å²) < 4.78 is 51.9. The molecule has 1 aromatic carbocycles. The number of alkyl halides is 3. The van der Waals surface area contributed by atoms with Gasteiger partial charge in [-0.05, 0) is 79.8 Å². The maximum absolute atomic E-state index is 13.2. The van der Waals surface area contributed by atoms with Gasteiger partial charge in [0.1, 0.15) is 12.4 Å². The fourth-order valence-electron chi connectivity index (χ4n) is 4.66. The van der Waals surface area contributed by atoms with Crippen molar-refractivity contribution in [2.75, 3.05) is 6.61 Å². The normalized spacial score (nSPS) is 23.5. The molecule has 9 heteroatoms. The van der Waals surface area contributed by atoms with Crippen LogP contribution >= 0.6 is 0 Å². The molecule has 0 amide bonds. The monoisotopic (exact) mass is 570 g/mol. The van der Waals surface area contributed by atoms with E-state index in [9.17, 15) is 23.1 Å². The Balaban J connectivity index is 2.17. The first-order chi connectivity index (χ1) is 18.0. The summed E-state index contributed by atoms with van der Waals surface area (Å²) in [5, 5.41) is 19.4. The molecule has 0 aliphatic heterocycles. The van der Waals surface area contributed by atoms with Gasteiger partial charge in [-0.2, -0.15) is 13.2 Å². The first-order valence-electron chi connectivity index (χ1n) is 13.7. The molecule has 1 saturated carbocycles. The van der Waals surface area contributed by atoms with Crippen LogP contribution in [-0.4, -0.2) is 43.3 Å². The van der Waals surface area contributed by atoms with Crippen LogP contribution in [0.3, 0.4) is 0 Å². The number of aliphatic hydroxyl groups excluding tert-OH is 1. The predicted molar refractivity (Wildman–Crippen MR) is 150 cm³/mol. The highest BCUT2D eigenvalue weighted by atomic mass is 28.4. The highest BCUT2D eigenvalue weighted by molar-refractivity contribution is 6.74. The van der Waals surface area contributed by atoms with Crippen molar-refractivity contribution in [3.8, 4) is 5.75 Å². The average molecular weight is 571 g/mol. The summed E-state index contributed by atoms with van der Waals surface area (Å²) in [5.74, 6) is -0.301. The van der Waals surface area contributed by atoms with Crippen LogP contribution in [-0.2, 0) is 15.4 Å². The molecule has 2 N–H and O–H groups in total. The number of hydrogen-bond donors (Lipinski definition) is 2. The van der Waals surface area contributed by atoms with Crippen molar-refractivity contribution in [3.05, 3.63) is 54.1 Å². The van der Waals surface area contributed by atoms with Gasteiger partial charge in [-0.25, -0.2) is 0 Å². The Morgan fingerprint density at radius 2 is 1.90 bits per heavy atom. The number of allylic oxidation sites excluding steroid dienone is 3. The molecule has 0 bridgehead atoms. The number of ether oxygens (including phenoxy) is 1. The molecule has 2 rings (SSSR count). The summed E-state index contributed by atoms with van der Waals surface area (Å²) >= 11 is 0. The van der Waals surface area contributed by atoms with Crippen LogP contribution in [0.1, 0.15) is 65.4 Å². The van der Waals surface area contributed by atoms with Crippen LogP contribution in [0.15, 0.2) is 48.6 Å². The number of carbonyl (C=O) groups is 1. The minimum Gasteiger partial charge on any atom is -0.491 e. The second-order valence-electron chi connectivity index (χ2n) is 12.2. The van der Waals surface area contributed by atoms with Gasteiger partial charge in [0, 0.05) is 6.42 Å². The maximum Gasteiger partial charge on any atom is 0.416 e. The molecule has 1 aromatic rings. The van der Waals surface area contributed by atoms with E-state index in [2.05, 4.69) is 46.9 Å². The van der Waals surface area contributed by atoms with Crippen LogP contribution in [0.2, 0.25) is 18.1 Å². The number of aliphatic carboxylic acids is 1. The Morgan fingerprint density at radius 3 is 2.51 bits per heavy atom. The van der Waals surface area contributed by atoms with Crippen LogP contribution < -0.4 is 4.74 Å². The van der Waals surface area contributed by atoms with Gasteiger partial charge in [0.05, 0.1) is 17.8 Å². The van der Waals surface area contributed by atoms with E-state index in [0.717, 1.165) is 12.1 Å². The van der Waals surface area contributed by atoms with Gasteiger partial charge < -0.3 is 19.4 Å². The first-order valence-corrected chi connectivity index (χ1v) is 16.6. The molecule has 39 heavy (non-hydrogen) atoms. The van der Waals surface area contributed by atoms with Gasteiger partial charge in [0.15, 0.2) is 8.32 Å². The molecule has 0 spiro atoms. The first kappa shape index (κ1) is 33.1.